The summed E-state index contributed by atoms with van der Waals surface area (Å²) in [6.45, 7) is 4.64. The number of benzene rings is 3. The Hall–Kier alpha value is -4.96. The molecule has 1 saturated heterocycles. The zero-order valence-corrected chi connectivity index (χ0v) is 23.3. The number of anilines is 2. The summed E-state index contributed by atoms with van der Waals surface area (Å²) in [5.41, 5.74) is 4.81. The SMILES string of the molecule is Cc1cc(C(=O)Nc2cc(-c3cccc(CN(CCC(=O)O)C(=O)c4ccccc4)c3)ccc2N2CCOCC2)no1. The van der Waals surface area contributed by atoms with Gasteiger partial charge in [0.15, 0.2) is 5.69 Å². The number of morpholine rings is 1. The molecule has 10 heteroatoms. The number of nitrogens with one attached hydrogen (secondary N) is 1. The van der Waals surface area contributed by atoms with Gasteiger partial charge in [-0.15, -0.1) is 0 Å². The minimum Gasteiger partial charge on any atom is -0.481 e. The van der Waals surface area contributed by atoms with Crippen molar-refractivity contribution in [1.82, 2.24) is 10.1 Å². The highest BCUT2D eigenvalue weighted by molar-refractivity contribution is 6.05. The van der Waals surface area contributed by atoms with Gasteiger partial charge in [0, 0.05) is 37.8 Å². The number of carbonyl (C=O) groups excluding carboxylic acids is 2. The second-order valence-electron chi connectivity index (χ2n) is 10.0. The van der Waals surface area contributed by atoms with Gasteiger partial charge in [-0.1, -0.05) is 47.6 Å². The van der Waals surface area contributed by atoms with Crippen molar-refractivity contribution < 1.29 is 28.8 Å². The normalized spacial score (nSPS) is 13.0. The van der Waals surface area contributed by atoms with Gasteiger partial charge in [-0.25, -0.2) is 0 Å². The third-order valence-corrected chi connectivity index (χ3v) is 6.99. The summed E-state index contributed by atoms with van der Waals surface area (Å²) >= 11 is 0. The monoisotopic (exact) mass is 568 g/mol. The lowest BCUT2D eigenvalue weighted by Gasteiger charge is -2.30. The third kappa shape index (κ3) is 7.02. The molecular formula is C32H32N4O6. The van der Waals surface area contributed by atoms with Crippen molar-refractivity contribution in [1.29, 1.82) is 0 Å². The number of aliphatic carboxylic acids is 1. The van der Waals surface area contributed by atoms with Crippen molar-refractivity contribution in [3.63, 3.8) is 0 Å². The molecule has 5 rings (SSSR count). The number of carboxylic acids is 1. The van der Waals surface area contributed by atoms with E-state index in [1.54, 1.807) is 42.2 Å². The molecule has 0 saturated carbocycles. The smallest absolute Gasteiger partial charge is 0.305 e. The van der Waals surface area contributed by atoms with E-state index < -0.39 is 5.97 Å². The van der Waals surface area contributed by atoms with Crippen LogP contribution in [0.4, 0.5) is 11.4 Å². The topological polar surface area (TPSA) is 125 Å². The summed E-state index contributed by atoms with van der Waals surface area (Å²) in [6, 6.07) is 24.1. The van der Waals surface area contributed by atoms with E-state index in [0.717, 1.165) is 22.4 Å². The molecule has 1 aliphatic heterocycles. The summed E-state index contributed by atoms with van der Waals surface area (Å²) in [6.07, 6.45) is -0.157. The fraction of sp³-hybridized carbons (Fsp3) is 0.250. The molecule has 2 amide bonds. The lowest BCUT2D eigenvalue weighted by atomic mass is 10.0. The Balaban J connectivity index is 1.43. The first-order valence-electron chi connectivity index (χ1n) is 13.7. The first-order chi connectivity index (χ1) is 20.4. The average molecular weight is 569 g/mol. The summed E-state index contributed by atoms with van der Waals surface area (Å²) in [7, 11) is 0. The molecular weight excluding hydrogens is 536 g/mol. The standard InChI is InChI=1S/C32H32N4O6/c1-22-18-28(34-42-22)31(39)33-27-20-26(10-11-29(27)35-14-16-41-17-15-35)25-9-5-6-23(19-25)21-36(13-12-30(37)38)32(40)24-7-3-2-4-8-24/h2-11,18-20H,12-17,21H2,1H3,(H,33,39)(H,37,38). The first kappa shape index (κ1) is 28.6. The Bertz CT molecular complexity index is 1560. The van der Waals surface area contributed by atoms with Crippen LogP contribution in [0.1, 0.15) is 38.6 Å². The lowest BCUT2D eigenvalue weighted by Crippen LogP contribution is -2.36. The fourth-order valence-electron chi connectivity index (χ4n) is 4.87. The molecule has 3 aromatic carbocycles. The number of rotatable bonds is 10. The Morgan fingerprint density at radius 2 is 1.71 bits per heavy atom. The van der Waals surface area contributed by atoms with Gasteiger partial charge in [0.05, 0.1) is 31.0 Å². The first-order valence-corrected chi connectivity index (χ1v) is 13.7. The third-order valence-electron chi connectivity index (χ3n) is 6.99. The van der Waals surface area contributed by atoms with E-state index in [0.29, 0.717) is 43.3 Å². The zero-order chi connectivity index (χ0) is 29.5. The van der Waals surface area contributed by atoms with E-state index in [9.17, 15) is 19.5 Å². The number of hydrogen-bond acceptors (Lipinski definition) is 7. The second kappa shape index (κ2) is 13.1. The zero-order valence-electron chi connectivity index (χ0n) is 23.3. The molecule has 2 N–H and O–H groups in total. The maximum absolute atomic E-state index is 13.2. The fourth-order valence-corrected chi connectivity index (χ4v) is 4.87. The van der Waals surface area contributed by atoms with Gasteiger partial charge in [0.1, 0.15) is 5.76 Å². The Kier molecular flexibility index (Phi) is 8.93. The van der Waals surface area contributed by atoms with Crippen molar-refractivity contribution in [2.75, 3.05) is 43.1 Å². The van der Waals surface area contributed by atoms with Gasteiger partial charge in [-0.2, -0.15) is 0 Å². The van der Waals surface area contributed by atoms with E-state index in [-0.39, 0.29) is 37.0 Å². The van der Waals surface area contributed by atoms with Gasteiger partial charge >= 0.3 is 5.97 Å². The molecule has 42 heavy (non-hydrogen) atoms. The van der Waals surface area contributed by atoms with Crippen LogP contribution in [0.25, 0.3) is 11.1 Å². The van der Waals surface area contributed by atoms with Crippen molar-refractivity contribution in [3.8, 4) is 11.1 Å². The number of amides is 2. The number of carbonyl (C=O) groups is 3. The van der Waals surface area contributed by atoms with Gasteiger partial charge in [0.25, 0.3) is 11.8 Å². The number of hydrogen-bond donors (Lipinski definition) is 2. The molecule has 1 fully saturated rings. The van der Waals surface area contributed by atoms with Crippen LogP contribution >= 0.6 is 0 Å². The quantitative estimate of drug-likeness (QED) is 0.278. The van der Waals surface area contributed by atoms with Crippen molar-refractivity contribution in [2.24, 2.45) is 0 Å². The molecule has 0 bridgehead atoms. The molecule has 4 aromatic rings. The highest BCUT2D eigenvalue weighted by atomic mass is 16.5. The largest absolute Gasteiger partial charge is 0.481 e. The second-order valence-corrected chi connectivity index (χ2v) is 10.0. The molecule has 1 aromatic heterocycles. The van der Waals surface area contributed by atoms with Crippen molar-refractivity contribution >= 4 is 29.2 Å². The van der Waals surface area contributed by atoms with Gasteiger partial charge < -0.3 is 29.5 Å². The van der Waals surface area contributed by atoms with Crippen LogP contribution in [0.5, 0.6) is 0 Å². The number of carboxylic acid groups (broad SMARTS) is 1. The minimum atomic E-state index is -0.967. The Morgan fingerprint density at radius 1 is 0.952 bits per heavy atom. The molecule has 0 unspecified atom stereocenters. The Labute approximate surface area is 243 Å². The predicted octanol–water partition coefficient (Wildman–Crippen LogP) is 4.86. The van der Waals surface area contributed by atoms with Crippen LogP contribution in [0, 0.1) is 6.92 Å². The van der Waals surface area contributed by atoms with E-state index in [2.05, 4.69) is 15.4 Å². The number of aryl methyl sites for hydroxylation is 1. The summed E-state index contributed by atoms with van der Waals surface area (Å²) in [5, 5.41) is 16.1. The molecule has 0 aliphatic carbocycles. The highest BCUT2D eigenvalue weighted by Gasteiger charge is 2.20. The van der Waals surface area contributed by atoms with Crippen LogP contribution in [0.3, 0.4) is 0 Å². The van der Waals surface area contributed by atoms with E-state index in [1.165, 1.54) is 0 Å². The molecule has 10 nitrogen and oxygen atoms in total. The van der Waals surface area contributed by atoms with Gasteiger partial charge in [-0.05, 0) is 53.9 Å². The van der Waals surface area contributed by atoms with E-state index in [4.69, 9.17) is 9.26 Å². The van der Waals surface area contributed by atoms with Crippen LogP contribution in [-0.4, -0.2) is 65.8 Å². The highest BCUT2D eigenvalue weighted by Crippen LogP contribution is 2.33. The molecule has 0 atom stereocenters. The summed E-state index contributed by atoms with van der Waals surface area (Å²) in [4.78, 5) is 41.3. The maximum Gasteiger partial charge on any atom is 0.305 e. The summed E-state index contributed by atoms with van der Waals surface area (Å²) < 4.78 is 10.6. The number of nitrogens with zero attached hydrogens (tertiary/aromatic N) is 3. The molecule has 1 aliphatic rings. The van der Waals surface area contributed by atoms with Crippen LogP contribution < -0.4 is 10.2 Å². The summed E-state index contributed by atoms with van der Waals surface area (Å²) in [5.74, 6) is -1.03. The number of aromatic nitrogens is 1. The van der Waals surface area contributed by atoms with Gasteiger partial charge in [0.2, 0.25) is 0 Å². The van der Waals surface area contributed by atoms with Crippen LogP contribution in [0.2, 0.25) is 0 Å². The number of ether oxygens (including phenoxy) is 1. The van der Waals surface area contributed by atoms with Crippen LogP contribution in [0.15, 0.2) is 83.4 Å². The van der Waals surface area contributed by atoms with Gasteiger partial charge in [-0.3, -0.25) is 14.4 Å². The van der Waals surface area contributed by atoms with Crippen molar-refractivity contribution in [3.05, 3.63) is 101 Å². The lowest BCUT2D eigenvalue weighted by molar-refractivity contribution is -0.137. The Morgan fingerprint density at radius 3 is 2.43 bits per heavy atom. The molecule has 0 spiro atoms. The predicted molar refractivity (Wildman–Crippen MR) is 158 cm³/mol. The molecule has 216 valence electrons. The van der Waals surface area contributed by atoms with Crippen molar-refractivity contribution in [2.45, 2.75) is 19.9 Å². The molecule has 2 heterocycles. The van der Waals surface area contributed by atoms with E-state index >= 15 is 0 Å². The average Bonchev–Trinajstić information content (AvgIpc) is 3.46. The maximum atomic E-state index is 13.2. The molecule has 0 radical (unpaired) electrons. The van der Waals surface area contributed by atoms with E-state index in [1.807, 2.05) is 48.5 Å². The van der Waals surface area contributed by atoms with Crippen LogP contribution in [-0.2, 0) is 16.1 Å². The minimum absolute atomic E-state index is 0.0826.